The van der Waals surface area contributed by atoms with E-state index in [9.17, 15) is 0 Å². The Balaban J connectivity index is 1.97. The lowest BCUT2D eigenvalue weighted by atomic mass is 10.1. The van der Waals surface area contributed by atoms with Gasteiger partial charge in [-0.1, -0.05) is 26.2 Å². The number of hydrogen-bond donors (Lipinski definition) is 1. The molecule has 0 aliphatic heterocycles. The van der Waals surface area contributed by atoms with Gasteiger partial charge in [0.1, 0.15) is 6.33 Å². The Labute approximate surface area is 124 Å². The molecule has 7 nitrogen and oxygen atoms in total. The SMILES string of the molecule is CCCCCCC(C)Oc1nc(N)nc(-n2ccnc2)n1. The fraction of sp³-hybridized carbons (Fsp3) is 0.571. The van der Waals surface area contributed by atoms with Gasteiger partial charge in [0.25, 0.3) is 0 Å². The van der Waals surface area contributed by atoms with Gasteiger partial charge in [-0.2, -0.15) is 15.0 Å². The number of anilines is 1. The largest absolute Gasteiger partial charge is 0.460 e. The molecule has 0 radical (unpaired) electrons. The van der Waals surface area contributed by atoms with Gasteiger partial charge in [0, 0.05) is 12.4 Å². The van der Waals surface area contributed by atoms with Crippen LogP contribution in [0.25, 0.3) is 5.95 Å². The number of rotatable bonds is 8. The van der Waals surface area contributed by atoms with Gasteiger partial charge in [-0.05, 0) is 19.8 Å². The fourth-order valence-corrected chi connectivity index (χ4v) is 2.00. The predicted octanol–water partition coefficient (Wildman–Crippen LogP) is 2.38. The second-order valence-corrected chi connectivity index (χ2v) is 5.02. The van der Waals surface area contributed by atoms with E-state index in [1.54, 1.807) is 23.3 Å². The van der Waals surface area contributed by atoms with Crippen molar-refractivity contribution in [1.29, 1.82) is 0 Å². The fourth-order valence-electron chi connectivity index (χ4n) is 2.00. The van der Waals surface area contributed by atoms with Crippen molar-refractivity contribution in [3.63, 3.8) is 0 Å². The molecule has 0 aliphatic rings. The van der Waals surface area contributed by atoms with Crippen molar-refractivity contribution in [2.24, 2.45) is 0 Å². The van der Waals surface area contributed by atoms with Gasteiger partial charge in [-0.3, -0.25) is 4.57 Å². The van der Waals surface area contributed by atoms with Crippen molar-refractivity contribution in [3.8, 4) is 12.0 Å². The number of unbranched alkanes of at least 4 members (excludes halogenated alkanes) is 3. The van der Waals surface area contributed by atoms with Crippen LogP contribution < -0.4 is 10.5 Å². The third kappa shape index (κ3) is 4.70. The second-order valence-electron chi connectivity index (χ2n) is 5.02. The van der Waals surface area contributed by atoms with Gasteiger partial charge in [-0.25, -0.2) is 4.98 Å². The minimum absolute atomic E-state index is 0.0549. The Bertz CT molecular complexity index is 542. The number of imidazole rings is 1. The summed E-state index contributed by atoms with van der Waals surface area (Å²) in [5, 5.41) is 0. The van der Waals surface area contributed by atoms with Gasteiger partial charge in [0.15, 0.2) is 0 Å². The van der Waals surface area contributed by atoms with Crippen molar-refractivity contribution in [2.45, 2.75) is 52.1 Å². The molecule has 2 heterocycles. The maximum atomic E-state index is 5.74. The smallest absolute Gasteiger partial charge is 0.323 e. The third-order valence-electron chi connectivity index (χ3n) is 3.13. The van der Waals surface area contributed by atoms with Crippen molar-refractivity contribution < 1.29 is 4.74 Å². The zero-order valence-corrected chi connectivity index (χ0v) is 12.6. The van der Waals surface area contributed by atoms with Crippen LogP contribution in [0.2, 0.25) is 0 Å². The summed E-state index contributed by atoms with van der Waals surface area (Å²) < 4.78 is 7.40. The summed E-state index contributed by atoms with van der Waals surface area (Å²) in [7, 11) is 0. The Hall–Kier alpha value is -2.18. The molecule has 2 aromatic heterocycles. The first-order valence-corrected chi connectivity index (χ1v) is 7.35. The van der Waals surface area contributed by atoms with E-state index in [1.807, 2.05) is 6.92 Å². The molecule has 2 rings (SSSR count). The van der Waals surface area contributed by atoms with Gasteiger partial charge in [-0.15, -0.1) is 0 Å². The van der Waals surface area contributed by atoms with Gasteiger partial charge < -0.3 is 10.5 Å². The van der Waals surface area contributed by atoms with E-state index in [0.29, 0.717) is 5.95 Å². The minimum Gasteiger partial charge on any atom is -0.460 e. The van der Waals surface area contributed by atoms with Gasteiger partial charge >= 0.3 is 6.01 Å². The van der Waals surface area contributed by atoms with Crippen molar-refractivity contribution in [2.75, 3.05) is 5.73 Å². The molecule has 0 saturated heterocycles. The zero-order valence-electron chi connectivity index (χ0n) is 12.6. The maximum absolute atomic E-state index is 5.74. The van der Waals surface area contributed by atoms with Crippen LogP contribution in [-0.4, -0.2) is 30.6 Å². The average Bonchev–Trinajstić information content (AvgIpc) is 2.97. The van der Waals surface area contributed by atoms with E-state index >= 15 is 0 Å². The first-order valence-electron chi connectivity index (χ1n) is 7.35. The molecule has 2 N–H and O–H groups in total. The lowest BCUT2D eigenvalue weighted by Gasteiger charge is -2.13. The van der Waals surface area contributed by atoms with Crippen LogP contribution in [0.3, 0.4) is 0 Å². The monoisotopic (exact) mass is 290 g/mol. The van der Waals surface area contributed by atoms with E-state index in [1.165, 1.54) is 19.3 Å². The standard InChI is InChI=1S/C14H22N6O/c1-3-4-5-6-7-11(2)21-14-18-12(15)17-13(19-14)20-9-8-16-10-20/h8-11H,3-7H2,1-2H3,(H2,15,17,18,19). The molecule has 0 saturated carbocycles. The van der Waals surface area contributed by atoms with Crippen molar-refractivity contribution >= 4 is 5.95 Å². The lowest BCUT2D eigenvalue weighted by molar-refractivity contribution is 0.189. The first kappa shape index (κ1) is 15.2. The number of nitrogens with zero attached hydrogens (tertiary/aromatic N) is 5. The Kier molecular flexibility index (Phi) is 5.48. The average molecular weight is 290 g/mol. The quantitative estimate of drug-likeness (QED) is 0.750. The van der Waals surface area contributed by atoms with Crippen LogP contribution in [0, 0.1) is 0 Å². The number of hydrogen-bond acceptors (Lipinski definition) is 6. The highest BCUT2D eigenvalue weighted by Crippen LogP contribution is 2.13. The van der Waals surface area contributed by atoms with Crippen LogP contribution in [0.4, 0.5) is 5.95 Å². The molecule has 0 aliphatic carbocycles. The highest BCUT2D eigenvalue weighted by Gasteiger charge is 2.10. The lowest BCUT2D eigenvalue weighted by Crippen LogP contribution is -2.15. The summed E-state index contributed by atoms with van der Waals surface area (Å²) in [5.41, 5.74) is 5.70. The van der Waals surface area contributed by atoms with E-state index in [0.717, 1.165) is 12.8 Å². The number of nitrogen functional groups attached to an aromatic ring is 1. The Morgan fingerprint density at radius 1 is 1.24 bits per heavy atom. The number of aromatic nitrogens is 5. The van der Waals surface area contributed by atoms with Crippen LogP contribution in [0.1, 0.15) is 46.0 Å². The van der Waals surface area contributed by atoms with E-state index in [4.69, 9.17) is 10.5 Å². The highest BCUT2D eigenvalue weighted by molar-refractivity contribution is 5.25. The molecule has 0 spiro atoms. The van der Waals surface area contributed by atoms with Crippen molar-refractivity contribution in [3.05, 3.63) is 18.7 Å². The molecular formula is C14H22N6O. The van der Waals surface area contributed by atoms with Crippen LogP contribution in [0.5, 0.6) is 6.01 Å². The highest BCUT2D eigenvalue weighted by atomic mass is 16.5. The molecule has 21 heavy (non-hydrogen) atoms. The zero-order chi connectivity index (χ0) is 15.1. The van der Waals surface area contributed by atoms with Gasteiger partial charge in [0.05, 0.1) is 6.10 Å². The Morgan fingerprint density at radius 2 is 2.10 bits per heavy atom. The molecule has 7 heteroatoms. The summed E-state index contributed by atoms with van der Waals surface area (Å²) in [6, 6.07) is 0.259. The summed E-state index contributed by atoms with van der Waals surface area (Å²) >= 11 is 0. The summed E-state index contributed by atoms with van der Waals surface area (Å²) in [5.74, 6) is 0.551. The van der Waals surface area contributed by atoms with Crippen molar-refractivity contribution in [1.82, 2.24) is 24.5 Å². The van der Waals surface area contributed by atoms with E-state index < -0.39 is 0 Å². The molecule has 1 unspecified atom stereocenters. The maximum Gasteiger partial charge on any atom is 0.323 e. The van der Waals surface area contributed by atoms with E-state index in [-0.39, 0.29) is 18.1 Å². The number of ether oxygens (including phenoxy) is 1. The van der Waals surface area contributed by atoms with Crippen LogP contribution in [-0.2, 0) is 0 Å². The molecule has 2 aromatic rings. The Morgan fingerprint density at radius 3 is 2.81 bits per heavy atom. The predicted molar refractivity (Wildman–Crippen MR) is 80.2 cm³/mol. The van der Waals surface area contributed by atoms with Gasteiger partial charge in [0.2, 0.25) is 11.9 Å². The minimum atomic E-state index is 0.0549. The molecular weight excluding hydrogens is 268 g/mol. The van der Waals surface area contributed by atoms with Crippen LogP contribution >= 0.6 is 0 Å². The third-order valence-corrected chi connectivity index (χ3v) is 3.13. The van der Waals surface area contributed by atoms with Crippen LogP contribution in [0.15, 0.2) is 18.7 Å². The normalized spacial score (nSPS) is 12.3. The molecule has 1 atom stereocenters. The molecule has 0 fully saturated rings. The second kappa shape index (κ2) is 7.56. The molecule has 114 valence electrons. The molecule has 0 amide bonds. The number of nitrogens with two attached hydrogens (primary N) is 1. The summed E-state index contributed by atoms with van der Waals surface area (Å²) in [4.78, 5) is 16.3. The summed E-state index contributed by atoms with van der Waals surface area (Å²) in [6.45, 7) is 4.22. The molecule has 0 aromatic carbocycles. The van der Waals surface area contributed by atoms with E-state index in [2.05, 4.69) is 26.9 Å². The topological polar surface area (TPSA) is 91.7 Å². The summed E-state index contributed by atoms with van der Waals surface area (Å²) in [6.07, 6.45) is 10.9. The first-order chi connectivity index (χ1) is 10.2. The molecule has 0 bridgehead atoms.